The minimum atomic E-state index is -1.29. The molecule has 2 aromatic carbocycles. The molecule has 0 bridgehead atoms. The van der Waals surface area contributed by atoms with Gasteiger partial charge in [0.2, 0.25) is 0 Å². The molecular formula is C26H32Si. The van der Waals surface area contributed by atoms with E-state index in [-0.39, 0.29) is 0 Å². The largest absolute Gasteiger partial charge is 0.0688 e. The summed E-state index contributed by atoms with van der Waals surface area (Å²) in [5.74, 6) is 0.567. The predicted octanol–water partition coefficient (Wildman–Crippen LogP) is 7.81. The summed E-state index contributed by atoms with van der Waals surface area (Å²) in [6.07, 6.45) is 2.32. The van der Waals surface area contributed by atoms with Gasteiger partial charge in [-0.2, -0.15) is 0 Å². The molecule has 2 aliphatic rings. The van der Waals surface area contributed by atoms with E-state index in [1.54, 1.807) is 27.9 Å². The molecule has 2 atom stereocenters. The Kier molecular flexibility index (Phi) is 4.54. The van der Waals surface area contributed by atoms with Gasteiger partial charge in [-0.05, 0) is 60.1 Å². The van der Waals surface area contributed by atoms with Crippen molar-refractivity contribution in [1.29, 1.82) is 0 Å². The number of allylic oxidation sites excluding steroid dienone is 4. The van der Waals surface area contributed by atoms with Crippen LogP contribution in [0.2, 0.25) is 19.6 Å². The molecule has 0 spiro atoms. The monoisotopic (exact) mass is 372 g/mol. The number of hydrogen-bond acceptors (Lipinski definition) is 0. The minimum Gasteiger partial charge on any atom is -0.0688 e. The molecule has 0 nitrogen and oxygen atoms in total. The lowest BCUT2D eigenvalue weighted by Crippen LogP contribution is -2.30. The van der Waals surface area contributed by atoms with Gasteiger partial charge >= 0.3 is 0 Å². The Bertz CT molecular complexity index is 952. The zero-order chi connectivity index (χ0) is 19.3. The SMILES string of the molecule is CC1=C(CCC2=C(C)C([Si](C)(C)C)c3ccccc32)c2ccccc2C1C. The summed E-state index contributed by atoms with van der Waals surface area (Å²) in [6.45, 7) is 14.7. The van der Waals surface area contributed by atoms with Crippen molar-refractivity contribution >= 4 is 19.2 Å². The molecule has 0 saturated carbocycles. The van der Waals surface area contributed by atoms with Crippen LogP contribution in [0, 0.1) is 0 Å². The Labute approximate surface area is 166 Å². The van der Waals surface area contributed by atoms with E-state index in [9.17, 15) is 0 Å². The highest BCUT2D eigenvalue weighted by atomic mass is 28.3. The van der Waals surface area contributed by atoms with E-state index < -0.39 is 8.07 Å². The first-order valence-corrected chi connectivity index (χ1v) is 14.0. The molecule has 27 heavy (non-hydrogen) atoms. The van der Waals surface area contributed by atoms with E-state index in [0.29, 0.717) is 11.5 Å². The Hall–Kier alpha value is -1.86. The van der Waals surface area contributed by atoms with Gasteiger partial charge in [-0.1, -0.05) is 86.2 Å². The first-order chi connectivity index (χ1) is 12.8. The van der Waals surface area contributed by atoms with Crippen molar-refractivity contribution in [2.45, 2.75) is 64.7 Å². The number of fused-ring (bicyclic) bond motifs is 2. The van der Waals surface area contributed by atoms with Gasteiger partial charge in [0.25, 0.3) is 0 Å². The molecule has 0 heterocycles. The summed E-state index contributed by atoms with van der Waals surface area (Å²) in [7, 11) is -1.29. The molecule has 140 valence electrons. The van der Waals surface area contributed by atoms with Gasteiger partial charge in [0, 0.05) is 11.5 Å². The molecule has 0 N–H and O–H groups in total. The third-order valence-electron chi connectivity index (χ3n) is 6.87. The summed E-state index contributed by atoms with van der Waals surface area (Å²) >= 11 is 0. The molecule has 4 rings (SSSR count). The van der Waals surface area contributed by atoms with Crippen LogP contribution in [-0.4, -0.2) is 8.07 Å². The number of rotatable bonds is 4. The number of benzene rings is 2. The molecule has 0 radical (unpaired) electrons. The molecule has 0 aliphatic heterocycles. The van der Waals surface area contributed by atoms with Gasteiger partial charge in [-0.3, -0.25) is 0 Å². The van der Waals surface area contributed by atoms with Crippen LogP contribution in [0.1, 0.15) is 67.3 Å². The summed E-state index contributed by atoms with van der Waals surface area (Å²) < 4.78 is 0. The Morgan fingerprint density at radius 1 is 0.704 bits per heavy atom. The van der Waals surface area contributed by atoms with E-state index in [1.807, 2.05) is 0 Å². The highest BCUT2D eigenvalue weighted by Gasteiger charge is 2.37. The molecule has 0 aromatic heterocycles. The second-order valence-corrected chi connectivity index (χ2v) is 14.8. The Morgan fingerprint density at radius 3 is 1.78 bits per heavy atom. The molecule has 0 saturated heterocycles. The van der Waals surface area contributed by atoms with Crippen molar-refractivity contribution in [3.05, 3.63) is 81.9 Å². The van der Waals surface area contributed by atoms with E-state index in [2.05, 4.69) is 88.9 Å². The third-order valence-corrected chi connectivity index (χ3v) is 9.35. The van der Waals surface area contributed by atoms with E-state index in [1.165, 1.54) is 16.7 Å². The average Bonchev–Trinajstić information content (AvgIpc) is 3.05. The topological polar surface area (TPSA) is 0 Å². The van der Waals surface area contributed by atoms with Crippen LogP contribution >= 0.6 is 0 Å². The van der Waals surface area contributed by atoms with Crippen molar-refractivity contribution in [1.82, 2.24) is 0 Å². The van der Waals surface area contributed by atoms with Gasteiger partial charge in [-0.15, -0.1) is 0 Å². The van der Waals surface area contributed by atoms with E-state index in [4.69, 9.17) is 0 Å². The smallest absolute Gasteiger partial charge is 0.0569 e. The molecule has 0 fully saturated rings. The Balaban J connectivity index is 1.68. The fraction of sp³-hybridized carbons (Fsp3) is 0.385. The summed E-state index contributed by atoms with van der Waals surface area (Å²) in [6, 6.07) is 18.2. The summed E-state index contributed by atoms with van der Waals surface area (Å²) in [5, 5.41) is 0. The van der Waals surface area contributed by atoms with Crippen LogP contribution < -0.4 is 0 Å². The van der Waals surface area contributed by atoms with Crippen molar-refractivity contribution in [2.75, 3.05) is 0 Å². The number of hydrogen-bond donors (Lipinski definition) is 0. The summed E-state index contributed by atoms with van der Waals surface area (Å²) in [4.78, 5) is 0. The van der Waals surface area contributed by atoms with Crippen LogP contribution in [0.4, 0.5) is 0 Å². The second-order valence-electron chi connectivity index (χ2n) is 9.52. The molecule has 2 aromatic rings. The van der Waals surface area contributed by atoms with Crippen molar-refractivity contribution in [3.63, 3.8) is 0 Å². The molecule has 2 unspecified atom stereocenters. The molecule has 1 heteroatoms. The first kappa shape index (κ1) is 18.5. The zero-order valence-corrected chi connectivity index (χ0v) is 18.7. The van der Waals surface area contributed by atoms with E-state index >= 15 is 0 Å². The maximum absolute atomic E-state index is 2.52. The quantitative estimate of drug-likeness (QED) is 0.480. The maximum Gasteiger partial charge on any atom is 0.0569 e. The van der Waals surface area contributed by atoms with Crippen molar-refractivity contribution in [2.24, 2.45) is 0 Å². The molecule has 0 amide bonds. The molecular weight excluding hydrogens is 340 g/mol. The second kappa shape index (κ2) is 6.63. The van der Waals surface area contributed by atoms with Crippen LogP contribution in [0.15, 0.2) is 59.7 Å². The average molecular weight is 373 g/mol. The Morgan fingerprint density at radius 2 is 1.19 bits per heavy atom. The first-order valence-electron chi connectivity index (χ1n) is 10.4. The van der Waals surface area contributed by atoms with Gasteiger partial charge in [0.05, 0.1) is 8.07 Å². The molecule has 2 aliphatic carbocycles. The lowest BCUT2D eigenvalue weighted by atomic mass is 9.94. The van der Waals surface area contributed by atoms with Crippen molar-refractivity contribution in [3.8, 4) is 0 Å². The van der Waals surface area contributed by atoms with Crippen LogP contribution in [-0.2, 0) is 0 Å². The fourth-order valence-corrected chi connectivity index (χ4v) is 8.19. The predicted molar refractivity (Wildman–Crippen MR) is 122 cm³/mol. The van der Waals surface area contributed by atoms with Crippen LogP contribution in [0.5, 0.6) is 0 Å². The maximum atomic E-state index is 2.52. The van der Waals surface area contributed by atoms with Crippen LogP contribution in [0.3, 0.4) is 0 Å². The highest BCUT2D eigenvalue weighted by molar-refractivity contribution is 6.78. The zero-order valence-electron chi connectivity index (χ0n) is 17.7. The van der Waals surface area contributed by atoms with E-state index in [0.717, 1.165) is 12.8 Å². The lowest BCUT2D eigenvalue weighted by molar-refractivity contribution is 0.916. The standard InChI is InChI=1S/C26H32Si/c1-17-18(2)21(23-12-8-7-11-20(17)23)15-16-22-19(3)26(27(4,5)6)25-14-10-9-13-24(22)25/h7-14,17,26H,15-16H2,1-6H3. The van der Waals surface area contributed by atoms with Gasteiger partial charge in [-0.25, -0.2) is 0 Å². The normalized spacial score (nSPS) is 21.7. The van der Waals surface area contributed by atoms with Crippen molar-refractivity contribution < 1.29 is 0 Å². The van der Waals surface area contributed by atoms with Gasteiger partial charge in [0.15, 0.2) is 0 Å². The third kappa shape index (κ3) is 2.97. The van der Waals surface area contributed by atoms with Gasteiger partial charge in [0.1, 0.15) is 0 Å². The lowest BCUT2D eigenvalue weighted by Gasteiger charge is -2.27. The fourth-order valence-electron chi connectivity index (χ4n) is 5.53. The van der Waals surface area contributed by atoms with Crippen LogP contribution in [0.25, 0.3) is 11.1 Å². The minimum absolute atomic E-state index is 0.567. The highest BCUT2D eigenvalue weighted by Crippen LogP contribution is 2.50. The van der Waals surface area contributed by atoms with Gasteiger partial charge < -0.3 is 0 Å². The summed E-state index contributed by atoms with van der Waals surface area (Å²) in [5.41, 5.74) is 13.2.